The Kier molecular flexibility index (Phi) is 4.33. The van der Waals surface area contributed by atoms with Crippen LogP contribution in [0.2, 0.25) is 0 Å². The summed E-state index contributed by atoms with van der Waals surface area (Å²) < 4.78 is 4.76. The highest BCUT2D eigenvalue weighted by Gasteiger charge is 2.39. The van der Waals surface area contributed by atoms with E-state index in [9.17, 15) is 14.4 Å². The Morgan fingerprint density at radius 3 is 2.23 bits per heavy atom. The largest absolute Gasteiger partial charge is 0.439 e. The van der Waals surface area contributed by atoms with Gasteiger partial charge in [0.15, 0.2) is 6.61 Å². The summed E-state index contributed by atoms with van der Waals surface area (Å²) >= 11 is 0. The van der Waals surface area contributed by atoms with E-state index in [1.54, 1.807) is 0 Å². The van der Waals surface area contributed by atoms with Gasteiger partial charge in [0.05, 0.1) is 0 Å². The Morgan fingerprint density at radius 1 is 1.05 bits per heavy atom. The first-order chi connectivity index (χ1) is 10.6. The molecule has 7 nitrogen and oxygen atoms in total. The molecule has 0 unspecified atom stereocenters. The van der Waals surface area contributed by atoms with Gasteiger partial charge in [0, 0.05) is 25.0 Å². The van der Waals surface area contributed by atoms with Crippen molar-refractivity contribution in [3.8, 4) is 0 Å². The van der Waals surface area contributed by atoms with Crippen molar-refractivity contribution in [2.45, 2.75) is 31.7 Å². The summed E-state index contributed by atoms with van der Waals surface area (Å²) in [5.41, 5.74) is 0. The molecule has 3 amide bonds. The molecular formula is C15H23N3O4. The highest BCUT2D eigenvalue weighted by molar-refractivity contribution is 5.98. The Labute approximate surface area is 130 Å². The Morgan fingerprint density at radius 2 is 1.68 bits per heavy atom. The third kappa shape index (κ3) is 2.95. The first kappa shape index (κ1) is 15.3. The van der Waals surface area contributed by atoms with Crippen molar-refractivity contribution in [3.05, 3.63) is 0 Å². The SMILES string of the molecule is CN1CCC(C(=O)N2CCC(N3C(=O)COC3=O)CC2)CC1. The normalized spacial score (nSPS) is 25.7. The average molecular weight is 309 g/mol. The number of carbonyl (C=O) groups is 3. The topological polar surface area (TPSA) is 70.2 Å². The van der Waals surface area contributed by atoms with Crippen LogP contribution in [-0.2, 0) is 14.3 Å². The zero-order valence-corrected chi connectivity index (χ0v) is 13.0. The standard InChI is InChI=1S/C15H23N3O4/c1-16-6-2-11(3-7-16)14(20)17-8-4-12(5-9-17)18-13(19)10-22-15(18)21/h11-12H,2-10H2,1H3. The molecule has 0 aliphatic carbocycles. The Balaban J connectivity index is 1.52. The maximum absolute atomic E-state index is 12.6. The minimum absolute atomic E-state index is 0.121. The second kappa shape index (κ2) is 6.24. The van der Waals surface area contributed by atoms with E-state index in [1.165, 1.54) is 4.90 Å². The van der Waals surface area contributed by atoms with Crippen LogP contribution in [0.15, 0.2) is 0 Å². The van der Waals surface area contributed by atoms with Crippen molar-refractivity contribution in [2.24, 2.45) is 5.92 Å². The van der Waals surface area contributed by atoms with Crippen LogP contribution in [0.1, 0.15) is 25.7 Å². The second-order valence-corrected chi connectivity index (χ2v) is 6.45. The number of cyclic esters (lactones) is 1. The molecule has 3 aliphatic heterocycles. The quantitative estimate of drug-likeness (QED) is 0.734. The van der Waals surface area contributed by atoms with Crippen LogP contribution in [0.5, 0.6) is 0 Å². The average Bonchev–Trinajstić information content (AvgIpc) is 2.86. The lowest BCUT2D eigenvalue weighted by Crippen LogP contribution is -2.50. The van der Waals surface area contributed by atoms with Gasteiger partial charge in [-0.1, -0.05) is 0 Å². The molecule has 3 fully saturated rings. The molecule has 0 N–H and O–H groups in total. The summed E-state index contributed by atoms with van der Waals surface area (Å²) in [7, 11) is 2.08. The number of likely N-dealkylation sites (tertiary alicyclic amines) is 2. The highest BCUT2D eigenvalue weighted by Crippen LogP contribution is 2.24. The summed E-state index contributed by atoms with van der Waals surface area (Å²) in [5.74, 6) is 0.109. The van der Waals surface area contributed by atoms with Crippen molar-refractivity contribution in [2.75, 3.05) is 39.8 Å². The molecule has 3 rings (SSSR count). The van der Waals surface area contributed by atoms with E-state index < -0.39 is 6.09 Å². The fourth-order valence-corrected chi connectivity index (χ4v) is 3.58. The second-order valence-electron chi connectivity index (χ2n) is 6.45. The van der Waals surface area contributed by atoms with Gasteiger partial charge in [0.1, 0.15) is 0 Å². The van der Waals surface area contributed by atoms with Crippen molar-refractivity contribution in [1.82, 2.24) is 14.7 Å². The van der Waals surface area contributed by atoms with Crippen LogP contribution < -0.4 is 0 Å². The fourth-order valence-electron chi connectivity index (χ4n) is 3.58. The zero-order valence-electron chi connectivity index (χ0n) is 13.0. The van der Waals surface area contributed by atoms with Gasteiger partial charge in [-0.05, 0) is 45.8 Å². The van der Waals surface area contributed by atoms with Gasteiger partial charge in [-0.2, -0.15) is 0 Å². The van der Waals surface area contributed by atoms with Gasteiger partial charge < -0.3 is 14.5 Å². The van der Waals surface area contributed by atoms with Crippen LogP contribution >= 0.6 is 0 Å². The van der Waals surface area contributed by atoms with Crippen LogP contribution in [0, 0.1) is 5.92 Å². The van der Waals surface area contributed by atoms with Gasteiger partial charge in [-0.25, -0.2) is 9.69 Å². The fraction of sp³-hybridized carbons (Fsp3) is 0.800. The maximum Gasteiger partial charge on any atom is 0.417 e. The van der Waals surface area contributed by atoms with Crippen molar-refractivity contribution in [1.29, 1.82) is 0 Å². The molecular weight excluding hydrogens is 286 g/mol. The summed E-state index contributed by atoms with van der Waals surface area (Å²) in [6.45, 7) is 3.04. The molecule has 22 heavy (non-hydrogen) atoms. The van der Waals surface area contributed by atoms with E-state index >= 15 is 0 Å². The van der Waals surface area contributed by atoms with Gasteiger partial charge in [0.2, 0.25) is 5.91 Å². The molecule has 3 saturated heterocycles. The predicted molar refractivity (Wildman–Crippen MR) is 78.0 cm³/mol. The zero-order chi connectivity index (χ0) is 15.7. The van der Waals surface area contributed by atoms with Gasteiger partial charge in [0.25, 0.3) is 5.91 Å². The number of hydrogen-bond donors (Lipinski definition) is 0. The molecule has 0 aromatic rings. The third-order valence-corrected chi connectivity index (χ3v) is 4.99. The summed E-state index contributed by atoms with van der Waals surface area (Å²) in [5, 5.41) is 0. The number of carbonyl (C=O) groups excluding carboxylic acids is 3. The molecule has 0 saturated carbocycles. The highest BCUT2D eigenvalue weighted by atomic mass is 16.6. The molecule has 0 aromatic heterocycles. The van der Waals surface area contributed by atoms with Gasteiger partial charge in [-0.3, -0.25) is 9.59 Å². The van der Waals surface area contributed by atoms with E-state index in [1.807, 2.05) is 4.90 Å². The van der Waals surface area contributed by atoms with Gasteiger partial charge >= 0.3 is 6.09 Å². The number of rotatable bonds is 2. The molecule has 0 aromatic carbocycles. The van der Waals surface area contributed by atoms with Crippen LogP contribution in [-0.4, -0.2) is 78.5 Å². The molecule has 0 bridgehead atoms. The van der Waals surface area contributed by atoms with E-state index in [0.29, 0.717) is 25.9 Å². The lowest BCUT2D eigenvalue weighted by atomic mass is 9.94. The Bertz CT molecular complexity index is 449. The van der Waals surface area contributed by atoms with Gasteiger partial charge in [-0.15, -0.1) is 0 Å². The maximum atomic E-state index is 12.6. The monoisotopic (exact) mass is 309 g/mol. The first-order valence-corrected chi connectivity index (χ1v) is 8.02. The van der Waals surface area contributed by atoms with E-state index in [-0.39, 0.29) is 30.4 Å². The van der Waals surface area contributed by atoms with Crippen molar-refractivity contribution >= 4 is 17.9 Å². The number of hydrogen-bond acceptors (Lipinski definition) is 5. The lowest BCUT2D eigenvalue weighted by molar-refractivity contribution is -0.138. The number of imide groups is 1. The molecule has 7 heteroatoms. The Hall–Kier alpha value is -1.63. The summed E-state index contributed by atoms with van der Waals surface area (Å²) in [6, 6.07) is -0.121. The predicted octanol–water partition coefficient (Wildman–Crippen LogP) is 0.298. The molecule has 122 valence electrons. The van der Waals surface area contributed by atoms with E-state index in [2.05, 4.69) is 11.9 Å². The minimum atomic E-state index is -0.537. The molecule has 0 atom stereocenters. The summed E-state index contributed by atoms with van der Waals surface area (Å²) in [4.78, 5) is 41.2. The number of ether oxygens (including phenoxy) is 1. The molecule has 0 radical (unpaired) electrons. The molecule has 3 aliphatic rings. The molecule has 3 heterocycles. The first-order valence-electron chi connectivity index (χ1n) is 8.02. The number of amides is 3. The van der Waals surface area contributed by atoms with Crippen LogP contribution in [0.25, 0.3) is 0 Å². The summed E-state index contributed by atoms with van der Waals surface area (Å²) in [6.07, 6.45) is 2.61. The number of piperidine rings is 2. The van der Waals surface area contributed by atoms with Crippen molar-refractivity contribution < 1.29 is 19.1 Å². The number of nitrogens with zero attached hydrogens (tertiary/aromatic N) is 3. The van der Waals surface area contributed by atoms with Crippen LogP contribution in [0.4, 0.5) is 4.79 Å². The minimum Gasteiger partial charge on any atom is -0.439 e. The lowest BCUT2D eigenvalue weighted by Gasteiger charge is -2.37. The van der Waals surface area contributed by atoms with E-state index in [4.69, 9.17) is 4.74 Å². The van der Waals surface area contributed by atoms with Crippen molar-refractivity contribution in [3.63, 3.8) is 0 Å². The van der Waals surface area contributed by atoms with E-state index in [0.717, 1.165) is 25.9 Å². The smallest absolute Gasteiger partial charge is 0.417 e. The third-order valence-electron chi connectivity index (χ3n) is 4.99. The molecule has 0 spiro atoms. The van der Waals surface area contributed by atoms with Crippen LogP contribution in [0.3, 0.4) is 0 Å².